The number of nitrogens with one attached hydrogen (secondary N) is 1. The third-order valence-electron chi connectivity index (χ3n) is 15.0. The zero-order chi connectivity index (χ0) is 54.3. The Morgan fingerprint density at radius 2 is 0.770 bits per heavy atom. The van der Waals surface area contributed by atoms with Gasteiger partial charge in [-0.1, -0.05) is 303 Å². The highest BCUT2D eigenvalue weighted by Gasteiger charge is 2.30. The Morgan fingerprint density at radius 1 is 0.459 bits per heavy atom. The zero-order valence-electron chi connectivity index (χ0n) is 50.4. The minimum atomic E-state index is -4.44. The molecular formula is C64H128N2O7P+. The van der Waals surface area contributed by atoms with Crippen LogP contribution in [0.1, 0.15) is 335 Å². The Kier molecular flexibility index (Phi) is 54.1. The van der Waals surface area contributed by atoms with Gasteiger partial charge in [-0.2, -0.15) is 0 Å². The Hall–Kier alpha value is -1.25. The molecule has 0 bridgehead atoms. The highest BCUT2D eigenvalue weighted by atomic mass is 31.2. The fourth-order valence-corrected chi connectivity index (χ4v) is 10.7. The van der Waals surface area contributed by atoms with E-state index in [0.29, 0.717) is 23.9 Å². The third kappa shape index (κ3) is 55.5. The van der Waals surface area contributed by atoms with Gasteiger partial charge in [0.1, 0.15) is 19.3 Å². The van der Waals surface area contributed by atoms with Crippen molar-refractivity contribution in [2.45, 2.75) is 348 Å². The van der Waals surface area contributed by atoms with Gasteiger partial charge in [-0.25, -0.2) is 4.57 Å². The first kappa shape index (κ1) is 72.8. The fraction of sp³-hybridized carbons (Fsp3) is 0.938. The van der Waals surface area contributed by atoms with Crippen molar-refractivity contribution < 1.29 is 37.3 Å². The second kappa shape index (κ2) is 55.1. The number of nitrogens with zero attached hydrogens (tertiary/aromatic N) is 1. The number of phosphoric acid groups is 1. The lowest BCUT2D eigenvalue weighted by Gasteiger charge is -2.27. The van der Waals surface area contributed by atoms with E-state index in [-0.39, 0.29) is 25.1 Å². The maximum Gasteiger partial charge on any atom is 0.472 e. The normalized spacial score (nSPS) is 13.7. The van der Waals surface area contributed by atoms with Crippen molar-refractivity contribution >= 4 is 19.7 Å². The van der Waals surface area contributed by atoms with Gasteiger partial charge in [0.05, 0.1) is 33.8 Å². The summed E-state index contributed by atoms with van der Waals surface area (Å²) in [5, 5.41) is 3.06. The predicted octanol–water partition coefficient (Wildman–Crippen LogP) is 20.0. The minimum Gasteiger partial charge on any atom is -0.456 e. The lowest BCUT2D eigenvalue weighted by Crippen LogP contribution is -2.47. The molecular weight excluding hydrogens is 940 g/mol. The van der Waals surface area contributed by atoms with Crippen LogP contribution < -0.4 is 5.32 Å². The monoisotopic (exact) mass is 1070 g/mol. The van der Waals surface area contributed by atoms with Gasteiger partial charge in [-0.05, 0) is 31.8 Å². The maximum absolute atomic E-state index is 13.5. The lowest BCUT2D eigenvalue weighted by molar-refractivity contribution is -0.870. The topological polar surface area (TPSA) is 111 Å². The molecule has 0 aliphatic heterocycles. The second-order valence-electron chi connectivity index (χ2n) is 23.7. The molecule has 1 amide bonds. The number of phosphoric ester groups is 1. The molecule has 0 spiro atoms. The summed E-state index contributed by atoms with van der Waals surface area (Å²) < 4.78 is 30.7. The summed E-state index contributed by atoms with van der Waals surface area (Å²) in [6.07, 6.45) is 63.6. The largest absolute Gasteiger partial charge is 0.472 e. The van der Waals surface area contributed by atoms with Crippen molar-refractivity contribution in [2.24, 2.45) is 0 Å². The number of likely N-dealkylation sites (N-methyl/N-ethyl adjacent to an activating group) is 1. The number of hydrogen-bond donors (Lipinski definition) is 2. The molecule has 9 nitrogen and oxygen atoms in total. The number of quaternary nitrogens is 1. The van der Waals surface area contributed by atoms with Crippen LogP contribution in [0.2, 0.25) is 0 Å². The van der Waals surface area contributed by atoms with Crippen LogP contribution in [-0.4, -0.2) is 74.3 Å². The first-order chi connectivity index (χ1) is 35.9. The van der Waals surface area contributed by atoms with Crippen LogP contribution in [0.4, 0.5) is 0 Å². The van der Waals surface area contributed by atoms with E-state index in [0.717, 1.165) is 57.8 Å². The number of carbonyl (C=O) groups excluding carboxylic acids is 2. The minimum absolute atomic E-state index is 0.0457. The third-order valence-corrected chi connectivity index (χ3v) is 16.0. The summed E-state index contributed by atoms with van der Waals surface area (Å²) in [5.74, 6) is -0.483. The van der Waals surface area contributed by atoms with Crippen LogP contribution in [0.5, 0.6) is 0 Å². The van der Waals surface area contributed by atoms with Crippen molar-refractivity contribution in [3.8, 4) is 0 Å². The van der Waals surface area contributed by atoms with Crippen molar-refractivity contribution in [1.82, 2.24) is 5.32 Å². The average Bonchev–Trinajstić information content (AvgIpc) is 3.36. The van der Waals surface area contributed by atoms with E-state index in [1.54, 1.807) is 0 Å². The molecule has 0 radical (unpaired) electrons. The van der Waals surface area contributed by atoms with E-state index in [1.165, 1.54) is 244 Å². The van der Waals surface area contributed by atoms with Crippen LogP contribution in [-0.2, 0) is 27.9 Å². The molecule has 0 aromatic carbocycles. The molecule has 0 aliphatic carbocycles. The number of hydrogen-bond acceptors (Lipinski definition) is 6. The second-order valence-corrected chi connectivity index (χ2v) is 25.1. The van der Waals surface area contributed by atoms with Gasteiger partial charge < -0.3 is 19.4 Å². The van der Waals surface area contributed by atoms with Crippen LogP contribution in [0.3, 0.4) is 0 Å². The quantitative estimate of drug-likeness (QED) is 0.0205. The maximum atomic E-state index is 13.5. The molecule has 0 heterocycles. The number of carbonyl (C=O) groups is 2. The van der Waals surface area contributed by atoms with E-state index in [2.05, 4.69) is 26.1 Å². The molecule has 440 valence electrons. The number of amides is 1. The summed E-state index contributed by atoms with van der Waals surface area (Å²) in [6, 6.07) is -0.839. The van der Waals surface area contributed by atoms with E-state index >= 15 is 0 Å². The summed E-state index contributed by atoms with van der Waals surface area (Å²) in [7, 11) is 1.52. The summed E-state index contributed by atoms with van der Waals surface area (Å²) in [6.45, 7) is 7.07. The van der Waals surface area contributed by atoms with Gasteiger partial charge in [0.15, 0.2) is 0 Å². The van der Waals surface area contributed by atoms with Crippen LogP contribution in [0.25, 0.3) is 0 Å². The van der Waals surface area contributed by atoms with Gasteiger partial charge >= 0.3 is 13.8 Å². The van der Waals surface area contributed by atoms with Crippen LogP contribution in [0, 0.1) is 0 Å². The Balaban J connectivity index is 5.07. The van der Waals surface area contributed by atoms with Crippen LogP contribution in [0.15, 0.2) is 12.2 Å². The Labute approximate surface area is 461 Å². The van der Waals surface area contributed by atoms with E-state index in [9.17, 15) is 19.0 Å². The molecule has 3 unspecified atom stereocenters. The zero-order valence-corrected chi connectivity index (χ0v) is 51.3. The molecule has 0 aliphatic rings. The Morgan fingerprint density at radius 3 is 1.11 bits per heavy atom. The average molecular weight is 1070 g/mol. The number of unbranched alkanes of at least 4 members (excludes halogenated alkanes) is 44. The standard InChI is InChI=1S/C64H127N2O7P/c1-7-10-13-16-19-22-25-28-29-30-31-32-33-34-35-36-37-39-42-45-48-51-54-57-64(68)73-62(55-52-49-46-43-40-27-24-21-18-15-12-9-3)61(60-72-74(69,70)71-59-58-66(4,5)6)65-63(67)56-53-50-47-44-41-38-26-23-20-17-14-11-8-2/h52,55,61-62H,7-51,53-54,56-60H2,1-6H3,(H-,65,67,69,70)/p+1/b55-52-. The summed E-state index contributed by atoms with van der Waals surface area (Å²) in [5.41, 5.74) is 0. The van der Waals surface area contributed by atoms with Crippen molar-refractivity contribution in [1.29, 1.82) is 0 Å². The molecule has 0 rings (SSSR count). The number of allylic oxidation sites excluding steroid dienone is 1. The first-order valence-corrected chi connectivity index (χ1v) is 34.0. The molecule has 10 heteroatoms. The van der Waals surface area contributed by atoms with Gasteiger partial charge in [-0.3, -0.25) is 18.6 Å². The number of esters is 1. The first-order valence-electron chi connectivity index (χ1n) is 32.5. The predicted molar refractivity (Wildman–Crippen MR) is 319 cm³/mol. The van der Waals surface area contributed by atoms with E-state index < -0.39 is 20.0 Å². The van der Waals surface area contributed by atoms with E-state index in [4.69, 9.17) is 13.8 Å². The fourth-order valence-electron chi connectivity index (χ4n) is 9.94. The van der Waals surface area contributed by atoms with Crippen molar-refractivity contribution in [2.75, 3.05) is 40.9 Å². The molecule has 0 saturated heterocycles. The van der Waals surface area contributed by atoms with Crippen molar-refractivity contribution in [3.05, 3.63) is 12.2 Å². The van der Waals surface area contributed by atoms with Gasteiger partial charge in [0.25, 0.3) is 0 Å². The van der Waals surface area contributed by atoms with E-state index in [1.807, 2.05) is 33.3 Å². The highest BCUT2D eigenvalue weighted by Crippen LogP contribution is 2.43. The molecule has 74 heavy (non-hydrogen) atoms. The number of rotatable bonds is 60. The molecule has 0 aromatic rings. The summed E-state index contributed by atoms with van der Waals surface area (Å²) >= 11 is 0. The van der Waals surface area contributed by atoms with Gasteiger partial charge in [0.2, 0.25) is 5.91 Å². The molecule has 0 saturated carbocycles. The highest BCUT2D eigenvalue weighted by molar-refractivity contribution is 7.47. The molecule has 3 atom stereocenters. The summed E-state index contributed by atoms with van der Waals surface area (Å²) in [4.78, 5) is 37.7. The number of ether oxygens (including phenoxy) is 1. The molecule has 0 fully saturated rings. The SMILES string of the molecule is CCCCCCCCCCCC/C=C\C(OC(=O)CCCCCCCCCCCCCCCCCCCCCCCCC)C(COP(=O)(O)OCC[N+](C)(C)C)NC(=O)CCCCCCCCCCCCCCC. The molecule has 0 aromatic heterocycles. The lowest BCUT2D eigenvalue weighted by atomic mass is 10.0. The smallest absolute Gasteiger partial charge is 0.456 e. The van der Waals surface area contributed by atoms with Gasteiger partial charge in [-0.15, -0.1) is 0 Å². The Bertz CT molecular complexity index is 1270. The molecule has 2 N–H and O–H groups in total. The van der Waals surface area contributed by atoms with Gasteiger partial charge in [0, 0.05) is 12.8 Å². The van der Waals surface area contributed by atoms with Crippen molar-refractivity contribution in [3.63, 3.8) is 0 Å². The van der Waals surface area contributed by atoms with Crippen LogP contribution >= 0.6 is 7.82 Å².